The summed E-state index contributed by atoms with van der Waals surface area (Å²) in [5.41, 5.74) is 7.48. The zero-order valence-corrected chi connectivity index (χ0v) is 21.3. The highest BCUT2D eigenvalue weighted by molar-refractivity contribution is 6.00. The summed E-state index contributed by atoms with van der Waals surface area (Å²) >= 11 is 0. The minimum absolute atomic E-state index is 0.0450. The molecule has 6 heterocycles. The van der Waals surface area contributed by atoms with Crippen LogP contribution in [0.3, 0.4) is 0 Å². The predicted octanol–water partition coefficient (Wildman–Crippen LogP) is 6.73. The largest absolute Gasteiger partial charge is 0.472 e. The molecule has 3 N–H and O–H groups in total. The lowest BCUT2D eigenvalue weighted by molar-refractivity contribution is -0.117. The summed E-state index contributed by atoms with van der Waals surface area (Å²) in [5, 5.41) is 12.6. The number of carbonyl (C=O) groups is 1. The van der Waals surface area contributed by atoms with E-state index < -0.39 is 0 Å². The molecule has 0 bridgehead atoms. The quantitative estimate of drug-likeness (QED) is 0.225. The van der Waals surface area contributed by atoms with E-state index in [0.717, 1.165) is 68.6 Å². The Hall–Kier alpha value is -4.79. The van der Waals surface area contributed by atoms with Gasteiger partial charge in [-0.05, 0) is 54.7 Å². The number of hydrogen-bond donors (Lipinski definition) is 3. The minimum Gasteiger partial charge on any atom is -0.472 e. The van der Waals surface area contributed by atoms with Gasteiger partial charge in [-0.25, -0.2) is 4.98 Å². The van der Waals surface area contributed by atoms with E-state index in [0.29, 0.717) is 18.0 Å². The molecule has 39 heavy (non-hydrogen) atoms. The van der Waals surface area contributed by atoms with Gasteiger partial charge in [-0.3, -0.25) is 19.9 Å². The molecule has 1 amide bonds. The maximum absolute atomic E-state index is 12.7. The molecule has 194 valence electrons. The molecule has 9 heteroatoms. The molecule has 1 aliphatic carbocycles. The Morgan fingerprint density at radius 3 is 2.79 bits per heavy atom. The minimum atomic E-state index is 0.0450. The molecule has 7 rings (SSSR count). The van der Waals surface area contributed by atoms with Crippen molar-refractivity contribution in [2.75, 3.05) is 5.32 Å². The smallest absolute Gasteiger partial charge is 0.224 e. The van der Waals surface area contributed by atoms with Crippen molar-refractivity contribution in [2.24, 2.45) is 5.92 Å². The third-order valence-corrected chi connectivity index (χ3v) is 7.58. The van der Waals surface area contributed by atoms with E-state index >= 15 is 0 Å². The molecule has 1 aliphatic rings. The van der Waals surface area contributed by atoms with E-state index in [4.69, 9.17) is 4.42 Å². The monoisotopic (exact) mass is 517 g/mol. The first-order chi connectivity index (χ1) is 19.2. The number of H-pyrrole nitrogens is 2. The fourth-order valence-electron chi connectivity index (χ4n) is 5.62. The van der Waals surface area contributed by atoms with Crippen LogP contribution >= 0.6 is 0 Å². The fraction of sp³-hybridized carbons (Fsp3) is 0.233. The number of furan rings is 1. The van der Waals surface area contributed by atoms with Crippen LogP contribution in [0.5, 0.6) is 0 Å². The van der Waals surface area contributed by atoms with Gasteiger partial charge in [-0.1, -0.05) is 19.3 Å². The van der Waals surface area contributed by atoms with Gasteiger partial charge in [0.15, 0.2) is 0 Å². The van der Waals surface area contributed by atoms with E-state index in [-0.39, 0.29) is 5.91 Å². The van der Waals surface area contributed by atoms with Crippen LogP contribution in [0.15, 0.2) is 72.1 Å². The Kier molecular flexibility index (Phi) is 5.88. The average Bonchev–Trinajstić information content (AvgIpc) is 3.73. The van der Waals surface area contributed by atoms with Gasteiger partial charge in [-0.15, -0.1) is 0 Å². The van der Waals surface area contributed by atoms with Crippen molar-refractivity contribution in [2.45, 2.75) is 38.5 Å². The Morgan fingerprint density at radius 2 is 1.92 bits per heavy atom. The summed E-state index contributed by atoms with van der Waals surface area (Å²) in [6, 6.07) is 9.89. The standard InChI is InChI=1S/C30H27N7O2/c38-28(10-18-4-2-1-3-5-18)34-21-11-20(14-31-15-21)25-13-24-27(16-33-25)36-37-29(24)26-12-23-22(19-7-9-39-17-19)6-8-32-30(23)35-26/h6-9,11-18H,1-5,10H2,(H,32,35)(H,34,38)(H,36,37). The van der Waals surface area contributed by atoms with Crippen molar-refractivity contribution >= 4 is 33.5 Å². The molecular formula is C30H27N7O2. The zero-order valence-electron chi connectivity index (χ0n) is 21.3. The van der Waals surface area contributed by atoms with Gasteiger partial charge in [0.2, 0.25) is 5.91 Å². The summed E-state index contributed by atoms with van der Waals surface area (Å²) in [6.45, 7) is 0. The van der Waals surface area contributed by atoms with Gasteiger partial charge in [0.1, 0.15) is 11.3 Å². The summed E-state index contributed by atoms with van der Waals surface area (Å²) in [5.74, 6) is 0.526. The van der Waals surface area contributed by atoms with Crippen molar-refractivity contribution in [1.29, 1.82) is 0 Å². The van der Waals surface area contributed by atoms with Crippen LogP contribution in [0.1, 0.15) is 38.5 Å². The van der Waals surface area contributed by atoms with E-state index in [9.17, 15) is 4.79 Å². The molecule has 6 aromatic rings. The highest BCUT2D eigenvalue weighted by atomic mass is 16.3. The second-order valence-corrected chi connectivity index (χ2v) is 10.2. The molecule has 9 nitrogen and oxygen atoms in total. The lowest BCUT2D eigenvalue weighted by Crippen LogP contribution is -2.18. The number of nitrogens with zero attached hydrogens (tertiary/aromatic N) is 4. The van der Waals surface area contributed by atoms with Crippen molar-refractivity contribution in [3.8, 4) is 33.8 Å². The number of rotatable bonds is 6. The van der Waals surface area contributed by atoms with E-state index in [1.807, 2.05) is 24.3 Å². The maximum Gasteiger partial charge on any atom is 0.224 e. The topological polar surface area (TPSA) is 125 Å². The van der Waals surface area contributed by atoms with E-state index in [1.165, 1.54) is 19.3 Å². The molecule has 0 aromatic carbocycles. The molecule has 6 aromatic heterocycles. The molecule has 0 aliphatic heterocycles. The second kappa shape index (κ2) is 9.83. The summed E-state index contributed by atoms with van der Waals surface area (Å²) in [7, 11) is 0. The fourth-order valence-corrected chi connectivity index (χ4v) is 5.62. The first kappa shape index (κ1) is 23.3. The Labute approximate surface area is 224 Å². The highest BCUT2D eigenvalue weighted by Gasteiger charge is 2.18. The van der Waals surface area contributed by atoms with E-state index in [2.05, 4.69) is 41.5 Å². The van der Waals surface area contributed by atoms with Crippen molar-refractivity contribution < 1.29 is 9.21 Å². The van der Waals surface area contributed by atoms with Crippen molar-refractivity contribution in [1.82, 2.24) is 30.1 Å². The van der Waals surface area contributed by atoms with E-state index in [1.54, 1.807) is 37.3 Å². The number of carbonyl (C=O) groups excluding carboxylic acids is 1. The van der Waals surface area contributed by atoms with Gasteiger partial charge < -0.3 is 14.7 Å². The average molecular weight is 518 g/mol. The Morgan fingerprint density at radius 1 is 1.00 bits per heavy atom. The van der Waals surface area contributed by atoms with Crippen LogP contribution in [0.4, 0.5) is 5.69 Å². The lowest BCUT2D eigenvalue weighted by atomic mass is 9.87. The number of aromatic nitrogens is 6. The number of anilines is 1. The number of fused-ring (bicyclic) bond motifs is 2. The molecule has 0 spiro atoms. The van der Waals surface area contributed by atoms with Gasteiger partial charge in [0.05, 0.1) is 47.5 Å². The molecule has 1 fully saturated rings. The zero-order chi connectivity index (χ0) is 26.2. The number of amides is 1. The predicted molar refractivity (Wildman–Crippen MR) is 150 cm³/mol. The first-order valence-corrected chi connectivity index (χ1v) is 13.3. The Bertz CT molecular complexity index is 1780. The molecule has 1 saturated carbocycles. The van der Waals surface area contributed by atoms with Gasteiger partial charge in [0.25, 0.3) is 0 Å². The second-order valence-electron chi connectivity index (χ2n) is 10.2. The molecule has 0 unspecified atom stereocenters. The van der Waals surface area contributed by atoms with Crippen LogP contribution in [0.25, 0.3) is 55.7 Å². The van der Waals surface area contributed by atoms with Crippen molar-refractivity contribution in [3.05, 3.63) is 67.6 Å². The molecular weight excluding hydrogens is 490 g/mol. The number of pyridine rings is 3. The summed E-state index contributed by atoms with van der Waals surface area (Å²) in [6.07, 6.45) is 16.9. The van der Waals surface area contributed by atoms with Gasteiger partial charge >= 0.3 is 0 Å². The van der Waals surface area contributed by atoms with Crippen LogP contribution in [0.2, 0.25) is 0 Å². The molecule has 0 saturated heterocycles. The van der Waals surface area contributed by atoms with Gasteiger partial charge in [-0.2, -0.15) is 5.10 Å². The normalized spacial score (nSPS) is 14.3. The third-order valence-electron chi connectivity index (χ3n) is 7.58. The van der Waals surface area contributed by atoms with Crippen LogP contribution < -0.4 is 5.32 Å². The maximum atomic E-state index is 12.7. The summed E-state index contributed by atoms with van der Waals surface area (Å²) < 4.78 is 5.29. The Balaban J connectivity index is 1.19. The number of aromatic amines is 2. The lowest BCUT2D eigenvalue weighted by Gasteiger charge is -2.20. The number of nitrogens with one attached hydrogen (secondary N) is 3. The van der Waals surface area contributed by atoms with Gasteiger partial charge in [0, 0.05) is 40.7 Å². The van der Waals surface area contributed by atoms with Crippen molar-refractivity contribution in [3.63, 3.8) is 0 Å². The van der Waals surface area contributed by atoms with Crippen LogP contribution in [0, 0.1) is 5.92 Å². The van der Waals surface area contributed by atoms with Crippen LogP contribution in [-0.4, -0.2) is 36.0 Å². The first-order valence-electron chi connectivity index (χ1n) is 13.3. The van der Waals surface area contributed by atoms with Crippen LogP contribution in [-0.2, 0) is 4.79 Å². The molecule has 0 atom stereocenters. The third kappa shape index (κ3) is 4.56. The molecule has 0 radical (unpaired) electrons. The highest BCUT2D eigenvalue weighted by Crippen LogP contribution is 2.34. The summed E-state index contributed by atoms with van der Waals surface area (Å²) in [4.78, 5) is 29.6. The number of hydrogen-bond acceptors (Lipinski definition) is 6. The SMILES string of the molecule is O=C(CC1CCCCC1)Nc1cncc(-c2cc3c(-c4cc5c(-c6ccoc6)ccnc5[nH]4)n[nH]c3cn2)c1.